The Labute approximate surface area is 179 Å². The molecular formula is C24H49NO4. The molecule has 0 aromatic carbocycles. The predicted octanol–water partition coefficient (Wildman–Crippen LogP) is 4.86. The van der Waals surface area contributed by atoms with Gasteiger partial charge in [0.1, 0.15) is 0 Å². The third-order valence-electron chi connectivity index (χ3n) is 5.65. The Morgan fingerprint density at radius 2 is 1.21 bits per heavy atom. The molecule has 0 unspecified atom stereocenters. The summed E-state index contributed by atoms with van der Waals surface area (Å²) in [6.07, 6.45) is 17.3. The smallest absolute Gasteiger partial charge is 0.222 e. The molecule has 0 aromatic rings. The Kier molecular flexibility index (Phi) is 20.2. The molecule has 0 saturated carbocycles. The summed E-state index contributed by atoms with van der Waals surface area (Å²) >= 11 is 0. The van der Waals surface area contributed by atoms with Crippen LogP contribution in [0.5, 0.6) is 0 Å². The van der Waals surface area contributed by atoms with E-state index in [0.29, 0.717) is 12.8 Å². The van der Waals surface area contributed by atoms with Crippen molar-refractivity contribution in [2.75, 3.05) is 6.61 Å². The third kappa shape index (κ3) is 17.9. The number of hydrogen-bond donors (Lipinski definition) is 4. The second kappa shape index (κ2) is 20.6. The van der Waals surface area contributed by atoms with E-state index >= 15 is 0 Å². The lowest BCUT2D eigenvalue weighted by molar-refractivity contribution is -0.125. The van der Waals surface area contributed by atoms with E-state index in [0.717, 1.165) is 19.3 Å². The normalized spacial score (nSPS) is 14.5. The van der Waals surface area contributed by atoms with Crippen LogP contribution in [0.25, 0.3) is 0 Å². The van der Waals surface area contributed by atoms with E-state index in [2.05, 4.69) is 12.2 Å². The zero-order chi connectivity index (χ0) is 21.7. The van der Waals surface area contributed by atoms with Gasteiger partial charge in [-0.3, -0.25) is 4.79 Å². The highest BCUT2D eigenvalue weighted by atomic mass is 16.3. The molecule has 0 aliphatic rings. The number of carbonyl (C=O) groups excluding carboxylic acids is 1. The maximum Gasteiger partial charge on any atom is 0.222 e. The Bertz CT molecular complexity index is 365. The summed E-state index contributed by atoms with van der Waals surface area (Å²) in [6.45, 7) is 3.93. The van der Waals surface area contributed by atoms with Crippen LogP contribution in [-0.4, -0.2) is 46.1 Å². The minimum atomic E-state index is -0.736. The molecule has 4 N–H and O–H groups in total. The van der Waals surface area contributed by atoms with Gasteiger partial charge in [0.15, 0.2) is 0 Å². The maximum atomic E-state index is 11.9. The predicted molar refractivity (Wildman–Crippen MR) is 121 cm³/mol. The fourth-order valence-electron chi connectivity index (χ4n) is 3.75. The van der Waals surface area contributed by atoms with Crippen molar-refractivity contribution >= 4 is 5.91 Å². The maximum absolute atomic E-state index is 11.9. The lowest BCUT2D eigenvalue weighted by atomic mass is 10.0. The van der Waals surface area contributed by atoms with Crippen molar-refractivity contribution in [3.05, 3.63) is 0 Å². The largest absolute Gasteiger partial charge is 0.394 e. The average Bonchev–Trinajstić information content (AvgIpc) is 2.69. The van der Waals surface area contributed by atoms with Crippen LogP contribution >= 0.6 is 0 Å². The second-order valence-corrected chi connectivity index (χ2v) is 8.60. The van der Waals surface area contributed by atoms with Crippen molar-refractivity contribution in [2.24, 2.45) is 0 Å². The number of rotatable bonds is 21. The quantitative estimate of drug-likeness (QED) is 0.202. The van der Waals surface area contributed by atoms with Crippen LogP contribution in [0.15, 0.2) is 0 Å². The summed E-state index contributed by atoms with van der Waals surface area (Å²) < 4.78 is 0. The van der Waals surface area contributed by atoms with Gasteiger partial charge < -0.3 is 20.6 Å². The van der Waals surface area contributed by atoms with Crippen molar-refractivity contribution in [3.63, 3.8) is 0 Å². The minimum absolute atomic E-state index is 0.0236. The van der Waals surface area contributed by atoms with E-state index in [-0.39, 0.29) is 18.9 Å². The second-order valence-electron chi connectivity index (χ2n) is 8.60. The van der Waals surface area contributed by atoms with Gasteiger partial charge in [-0.1, -0.05) is 104 Å². The molecular weight excluding hydrogens is 366 g/mol. The molecule has 5 nitrogen and oxygen atoms in total. The first-order chi connectivity index (χ1) is 14.0. The number of amides is 1. The first kappa shape index (κ1) is 28.4. The fourth-order valence-corrected chi connectivity index (χ4v) is 3.75. The number of hydrogen-bond acceptors (Lipinski definition) is 4. The number of carbonyl (C=O) groups is 1. The summed E-state index contributed by atoms with van der Waals surface area (Å²) in [5.41, 5.74) is 0. The van der Waals surface area contributed by atoms with Gasteiger partial charge in [0.2, 0.25) is 5.91 Å². The molecule has 0 heterocycles. The van der Waals surface area contributed by atoms with Crippen LogP contribution in [0.1, 0.15) is 123 Å². The third-order valence-corrected chi connectivity index (χ3v) is 5.65. The Hall–Kier alpha value is -0.650. The van der Waals surface area contributed by atoms with Crippen LogP contribution in [-0.2, 0) is 4.79 Å². The molecule has 0 aromatic heterocycles. The van der Waals surface area contributed by atoms with Crippen molar-refractivity contribution in [2.45, 2.75) is 141 Å². The van der Waals surface area contributed by atoms with Crippen molar-refractivity contribution in [1.82, 2.24) is 5.32 Å². The van der Waals surface area contributed by atoms with E-state index in [1.165, 1.54) is 70.6 Å². The van der Waals surface area contributed by atoms with Gasteiger partial charge >= 0.3 is 0 Å². The zero-order valence-corrected chi connectivity index (χ0v) is 19.2. The molecule has 3 atom stereocenters. The summed E-state index contributed by atoms with van der Waals surface area (Å²) in [6, 6.07) is -0.645. The van der Waals surface area contributed by atoms with Gasteiger partial charge in [-0.15, -0.1) is 0 Å². The monoisotopic (exact) mass is 415 g/mol. The van der Waals surface area contributed by atoms with E-state index in [1.54, 1.807) is 0 Å². The Balaban J connectivity index is 3.63. The number of aliphatic hydroxyl groups is 3. The molecule has 0 radical (unpaired) electrons. The summed E-state index contributed by atoms with van der Waals surface area (Å²) in [7, 11) is 0. The highest BCUT2D eigenvalue weighted by Crippen LogP contribution is 2.14. The van der Waals surface area contributed by atoms with Crippen LogP contribution in [0.2, 0.25) is 0 Å². The lowest BCUT2D eigenvalue weighted by Gasteiger charge is -2.23. The molecule has 0 saturated heterocycles. The topological polar surface area (TPSA) is 89.8 Å². The molecule has 0 aliphatic heterocycles. The van der Waals surface area contributed by atoms with Gasteiger partial charge in [-0.05, 0) is 12.8 Å². The molecule has 0 aliphatic carbocycles. The van der Waals surface area contributed by atoms with Gasteiger partial charge in [-0.25, -0.2) is 0 Å². The number of nitrogens with one attached hydrogen (secondary N) is 1. The highest BCUT2D eigenvalue weighted by Gasteiger charge is 2.21. The van der Waals surface area contributed by atoms with E-state index in [9.17, 15) is 20.1 Å². The van der Waals surface area contributed by atoms with Crippen LogP contribution in [0.4, 0.5) is 0 Å². The zero-order valence-electron chi connectivity index (χ0n) is 19.2. The molecule has 0 spiro atoms. The summed E-state index contributed by atoms with van der Waals surface area (Å²) in [4.78, 5) is 11.9. The first-order valence-corrected chi connectivity index (χ1v) is 12.3. The van der Waals surface area contributed by atoms with Crippen molar-refractivity contribution in [1.29, 1.82) is 0 Å². The Morgan fingerprint density at radius 3 is 1.66 bits per heavy atom. The Morgan fingerprint density at radius 1 is 0.724 bits per heavy atom. The molecule has 1 amide bonds. The van der Waals surface area contributed by atoms with Crippen LogP contribution < -0.4 is 5.32 Å². The molecule has 5 heteroatoms. The van der Waals surface area contributed by atoms with E-state index in [1.807, 2.05) is 6.92 Å². The van der Waals surface area contributed by atoms with Crippen LogP contribution in [0.3, 0.4) is 0 Å². The van der Waals surface area contributed by atoms with Gasteiger partial charge in [0.25, 0.3) is 0 Å². The summed E-state index contributed by atoms with van der Waals surface area (Å²) in [5, 5.41) is 32.0. The molecule has 174 valence electrons. The average molecular weight is 416 g/mol. The highest BCUT2D eigenvalue weighted by molar-refractivity contribution is 5.76. The SMILES string of the molecule is CCCCCCCCCCCCCCC[C@@H](O)[C@H](CO)NC(=O)C[C@@H](O)CCC. The molecule has 0 fully saturated rings. The van der Waals surface area contributed by atoms with Crippen molar-refractivity contribution < 1.29 is 20.1 Å². The first-order valence-electron chi connectivity index (χ1n) is 12.3. The van der Waals surface area contributed by atoms with Gasteiger partial charge in [0.05, 0.1) is 31.3 Å². The fraction of sp³-hybridized carbons (Fsp3) is 0.958. The van der Waals surface area contributed by atoms with E-state index < -0.39 is 18.2 Å². The van der Waals surface area contributed by atoms with Crippen LogP contribution in [0, 0.1) is 0 Å². The number of unbranched alkanes of at least 4 members (excludes halogenated alkanes) is 12. The minimum Gasteiger partial charge on any atom is -0.394 e. The number of aliphatic hydroxyl groups excluding tert-OH is 3. The standard InChI is InChI=1S/C24H49NO4/c1-3-5-6-7-8-9-10-11-12-13-14-15-16-18-23(28)22(20-26)25-24(29)19-21(27)17-4-2/h21-23,26-28H,3-20H2,1-2H3,(H,25,29)/t21-,22-,23+/m0/s1. The van der Waals surface area contributed by atoms with Gasteiger partial charge in [-0.2, -0.15) is 0 Å². The van der Waals surface area contributed by atoms with E-state index in [4.69, 9.17) is 0 Å². The molecule has 29 heavy (non-hydrogen) atoms. The summed E-state index contributed by atoms with van der Waals surface area (Å²) in [5.74, 6) is -0.311. The molecule has 0 rings (SSSR count). The van der Waals surface area contributed by atoms with Crippen molar-refractivity contribution in [3.8, 4) is 0 Å². The lowest BCUT2D eigenvalue weighted by Crippen LogP contribution is -2.46. The van der Waals surface area contributed by atoms with Gasteiger partial charge in [0, 0.05) is 0 Å². The molecule has 0 bridgehead atoms.